The number of methoxy groups -OCH3 is 1. The first-order chi connectivity index (χ1) is 9.51. The van der Waals surface area contributed by atoms with Crippen LogP contribution in [0.2, 0.25) is 0 Å². The lowest BCUT2D eigenvalue weighted by molar-refractivity contribution is 0.0657. The normalized spacial score (nSPS) is 10.3. The van der Waals surface area contributed by atoms with Gasteiger partial charge in [-0.25, -0.2) is 4.79 Å². The van der Waals surface area contributed by atoms with Crippen molar-refractivity contribution in [3.63, 3.8) is 0 Å². The average molecular weight is 341 g/mol. The first kappa shape index (κ1) is 14.5. The Bertz CT molecular complexity index is 632. The molecule has 5 nitrogen and oxygen atoms in total. The molecule has 1 aromatic heterocycles. The van der Waals surface area contributed by atoms with Crippen molar-refractivity contribution in [2.24, 2.45) is 0 Å². The molecule has 0 unspecified atom stereocenters. The number of halogens is 1. The lowest BCUT2D eigenvalue weighted by atomic mass is 10.2. The van der Waals surface area contributed by atoms with Crippen LogP contribution in [0.5, 0.6) is 11.5 Å². The van der Waals surface area contributed by atoms with E-state index in [-0.39, 0.29) is 12.4 Å². The van der Waals surface area contributed by atoms with Crippen LogP contribution >= 0.6 is 15.9 Å². The smallest absolute Gasteiger partial charge is 0.372 e. The van der Waals surface area contributed by atoms with Gasteiger partial charge in [0.05, 0.1) is 11.6 Å². The van der Waals surface area contributed by atoms with Crippen molar-refractivity contribution in [3.05, 3.63) is 45.8 Å². The van der Waals surface area contributed by atoms with Crippen molar-refractivity contribution in [1.82, 2.24) is 0 Å². The molecule has 0 saturated heterocycles. The fraction of sp³-hybridized carbons (Fsp3) is 0.214. The topological polar surface area (TPSA) is 68.9 Å². The van der Waals surface area contributed by atoms with Crippen LogP contribution in [0.1, 0.15) is 21.9 Å². The van der Waals surface area contributed by atoms with Crippen molar-refractivity contribution in [2.75, 3.05) is 7.11 Å². The van der Waals surface area contributed by atoms with Crippen molar-refractivity contribution >= 4 is 21.9 Å². The largest absolute Gasteiger partial charge is 0.497 e. The SMILES string of the molecule is COc1ccc(OCc2cc(C)c(C(=O)O)o2)c(Br)c1. The Morgan fingerprint density at radius 1 is 1.40 bits per heavy atom. The molecule has 106 valence electrons. The van der Waals surface area contributed by atoms with Crippen LogP contribution in [-0.2, 0) is 6.61 Å². The third-order valence-electron chi connectivity index (χ3n) is 2.67. The molecule has 0 saturated carbocycles. The van der Waals surface area contributed by atoms with Gasteiger partial charge in [-0.3, -0.25) is 0 Å². The molecule has 1 N–H and O–H groups in total. The van der Waals surface area contributed by atoms with Crippen LogP contribution < -0.4 is 9.47 Å². The zero-order valence-electron chi connectivity index (χ0n) is 11.0. The van der Waals surface area contributed by atoms with Gasteiger partial charge in [-0.15, -0.1) is 0 Å². The second kappa shape index (κ2) is 6.00. The second-order valence-corrected chi connectivity index (χ2v) is 4.97. The summed E-state index contributed by atoms with van der Waals surface area (Å²) in [4.78, 5) is 10.9. The molecule has 1 aromatic carbocycles. The highest BCUT2D eigenvalue weighted by molar-refractivity contribution is 9.10. The molecule has 0 amide bonds. The highest BCUT2D eigenvalue weighted by Crippen LogP contribution is 2.30. The predicted molar refractivity (Wildman–Crippen MR) is 75.4 cm³/mol. The standard InChI is InChI=1S/C14H13BrO5/c1-8-5-10(20-13(8)14(16)17)7-19-12-4-3-9(18-2)6-11(12)15/h3-6H,7H2,1-2H3,(H,16,17). The van der Waals surface area contributed by atoms with Gasteiger partial charge >= 0.3 is 5.97 Å². The number of hydrogen-bond donors (Lipinski definition) is 1. The number of aryl methyl sites for hydroxylation is 1. The Labute approximate surface area is 124 Å². The zero-order valence-corrected chi connectivity index (χ0v) is 12.6. The fourth-order valence-electron chi connectivity index (χ4n) is 1.71. The van der Waals surface area contributed by atoms with Gasteiger partial charge in [0.15, 0.2) is 0 Å². The summed E-state index contributed by atoms with van der Waals surface area (Å²) in [5.41, 5.74) is 0.574. The summed E-state index contributed by atoms with van der Waals surface area (Å²) in [7, 11) is 1.58. The first-order valence-electron chi connectivity index (χ1n) is 5.80. The van der Waals surface area contributed by atoms with Gasteiger partial charge in [0.1, 0.15) is 23.9 Å². The molecule has 6 heteroatoms. The predicted octanol–water partition coefficient (Wildman–Crippen LogP) is 3.64. The third-order valence-corrected chi connectivity index (χ3v) is 3.29. The van der Waals surface area contributed by atoms with Gasteiger partial charge in [-0.1, -0.05) is 0 Å². The Hall–Kier alpha value is -1.95. The molecule has 2 aromatic rings. The van der Waals surface area contributed by atoms with Crippen LogP contribution in [0.4, 0.5) is 0 Å². The van der Waals surface area contributed by atoms with E-state index in [1.54, 1.807) is 38.3 Å². The van der Waals surface area contributed by atoms with E-state index in [0.717, 1.165) is 4.47 Å². The van der Waals surface area contributed by atoms with E-state index in [1.807, 2.05) is 0 Å². The highest BCUT2D eigenvalue weighted by atomic mass is 79.9. The summed E-state index contributed by atoms with van der Waals surface area (Å²) in [6.45, 7) is 1.83. The molecular weight excluding hydrogens is 328 g/mol. The van der Waals surface area contributed by atoms with Crippen molar-refractivity contribution in [1.29, 1.82) is 0 Å². The van der Waals surface area contributed by atoms with Crippen LogP contribution in [0, 0.1) is 6.92 Å². The summed E-state index contributed by atoms with van der Waals surface area (Å²) in [6, 6.07) is 6.97. The molecular formula is C14H13BrO5. The number of ether oxygens (including phenoxy) is 2. The maximum absolute atomic E-state index is 10.9. The second-order valence-electron chi connectivity index (χ2n) is 4.12. The van der Waals surface area contributed by atoms with Crippen molar-refractivity contribution in [2.45, 2.75) is 13.5 Å². The highest BCUT2D eigenvalue weighted by Gasteiger charge is 2.14. The third kappa shape index (κ3) is 3.14. The summed E-state index contributed by atoms with van der Waals surface area (Å²) in [6.07, 6.45) is 0. The Morgan fingerprint density at radius 3 is 2.70 bits per heavy atom. The Morgan fingerprint density at radius 2 is 2.15 bits per heavy atom. The molecule has 2 rings (SSSR count). The Kier molecular flexibility index (Phi) is 4.34. The van der Waals surface area contributed by atoms with E-state index in [0.29, 0.717) is 22.8 Å². The number of carboxylic acid groups (broad SMARTS) is 1. The number of furan rings is 1. The van der Waals surface area contributed by atoms with Gasteiger partial charge in [0.25, 0.3) is 0 Å². The van der Waals surface area contributed by atoms with Gasteiger partial charge in [0, 0.05) is 5.56 Å². The van der Waals surface area contributed by atoms with Gasteiger partial charge < -0.3 is 19.0 Å². The number of aromatic carboxylic acids is 1. The van der Waals surface area contributed by atoms with Gasteiger partial charge in [-0.05, 0) is 47.1 Å². The first-order valence-corrected chi connectivity index (χ1v) is 6.59. The summed E-state index contributed by atoms with van der Waals surface area (Å²) in [5.74, 6) is 0.655. The molecule has 20 heavy (non-hydrogen) atoms. The number of hydrogen-bond acceptors (Lipinski definition) is 4. The number of carbonyl (C=O) groups is 1. The minimum Gasteiger partial charge on any atom is -0.497 e. The van der Waals surface area contributed by atoms with Crippen molar-refractivity contribution in [3.8, 4) is 11.5 Å². The minimum absolute atomic E-state index is 0.0580. The number of carboxylic acids is 1. The molecule has 0 radical (unpaired) electrons. The molecule has 0 atom stereocenters. The quantitative estimate of drug-likeness (QED) is 0.899. The maximum Gasteiger partial charge on any atom is 0.372 e. The molecule has 1 heterocycles. The van der Waals surface area contributed by atoms with E-state index in [2.05, 4.69) is 15.9 Å². The van der Waals surface area contributed by atoms with Crippen LogP contribution in [0.25, 0.3) is 0 Å². The van der Waals surface area contributed by atoms with E-state index >= 15 is 0 Å². The van der Waals surface area contributed by atoms with E-state index < -0.39 is 5.97 Å². The van der Waals surface area contributed by atoms with Crippen LogP contribution in [-0.4, -0.2) is 18.2 Å². The fourth-order valence-corrected chi connectivity index (χ4v) is 2.18. The summed E-state index contributed by atoms with van der Waals surface area (Å²) in [5, 5.41) is 8.91. The van der Waals surface area contributed by atoms with Crippen LogP contribution in [0.15, 0.2) is 33.2 Å². The molecule has 0 fully saturated rings. The molecule has 0 spiro atoms. The lowest BCUT2D eigenvalue weighted by Gasteiger charge is -2.08. The summed E-state index contributed by atoms with van der Waals surface area (Å²) >= 11 is 3.37. The molecule has 0 aliphatic carbocycles. The Balaban J connectivity index is 2.09. The number of benzene rings is 1. The van der Waals surface area contributed by atoms with Gasteiger partial charge in [0.2, 0.25) is 5.76 Å². The molecule has 0 aliphatic heterocycles. The summed E-state index contributed by atoms with van der Waals surface area (Å²) < 4.78 is 16.6. The van der Waals surface area contributed by atoms with Gasteiger partial charge in [-0.2, -0.15) is 0 Å². The van der Waals surface area contributed by atoms with E-state index in [1.165, 1.54) is 0 Å². The average Bonchev–Trinajstić information content (AvgIpc) is 2.78. The van der Waals surface area contributed by atoms with E-state index in [4.69, 9.17) is 19.0 Å². The zero-order chi connectivity index (χ0) is 14.7. The maximum atomic E-state index is 10.9. The molecule has 0 aliphatic rings. The van der Waals surface area contributed by atoms with E-state index in [9.17, 15) is 4.79 Å². The van der Waals surface area contributed by atoms with Crippen LogP contribution in [0.3, 0.4) is 0 Å². The molecule has 0 bridgehead atoms. The minimum atomic E-state index is -1.08. The lowest BCUT2D eigenvalue weighted by Crippen LogP contribution is -1.96. The number of rotatable bonds is 5. The van der Waals surface area contributed by atoms with Crippen molar-refractivity contribution < 1.29 is 23.8 Å². The monoisotopic (exact) mass is 340 g/mol.